The minimum absolute atomic E-state index is 0.0851. The van der Waals surface area contributed by atoms with Crippen LogP contribution in [-0.2, 0) is 4.79 Å². The molecule has 0 spiro atoms. The van der Waals surface area contributed by atoms with Gasteiger partial charge in [0.15, 0.2) is 5.69 Å². The molecule has 0 amide bonds. The number of Topliss-reactive ketones (excluding diaryl/α,β-unsaturated/α-hetero) is 1. The summed E-state index contributed by atoms with van der Waals surface area (Å²) >= 11 is 10.9. The summed E-state index contributed by atoms with van der Waals surface area (Å²) in [5, 5.41) is 8.69. The number of carboxylic acids is 1. The van der Waals surface area contributed by atoms with E-state index in [1.54, 1.807) is 0 Å². The van der Waals surface area contributed by atoms with Crippen LogP contribution < -0.4 is 0 Å². The molecule has 0 aliphatic heterocycles. The highest BCUT2D eigenvalue weighted by Gasteiger charge is 2.09. The lowest BCUT2D eigenvalue weighted by atomic mass is 10.1. The van der Waals surface area contributed by atoms with Crippen molar-refractivity contribution in [1.29, 1.82) is 0 Å². The zero-order valence-corrected chi connectivity index (χ0v) is 10.9. The first-order valence-electron chi connectivity index (χ1n) is 5.22. The summed E-state index contributed by atoms with van der Waals surface area (Å²) in [6, 6.07) is 2.82. The van der Waals surface area contributed by atoms with Crippen LogP contribution in [0.5, 0.6) is 0 Å². The van der Waals surface area contributed by atoms with E-state index in [4.69, 9.17) is 28.3 Å². The molecule has 4 nitrogen and oxygen atoms in total. The predicted octanol–water partition coefficient (Wildman–Crippen LogP) is 3.38. The van der Waals surface area contributed by atoms with Crippen LogP contribution in [0.4, 0.5) is 0 Å². The lowest BCUT2D eigenvalue weighted by Gasteiger charge is -1.97. The summed E-state index contributed by atoms with van der Waals surface area (Å²) in [6.45, 7) is 0. The first-order chi connectivity index (χ1) is 8.50. The highest BCUT2D eigenvalue weighted by atomic mass is 35.5. The highest BCUT2D eigenvalue weighted by Crippen LogP contribution is 2.16. The average molecular weight is 288 g/mol. The Morgan fingerprint density at radius 2 is 2.00 bits per heavy atom. The molecular formula is C12H11Cl2NO3. The van der Waals surface area contributed by atoms with Crippen LogP contribution in [0.1, 0.15) is 29.8 Å². The van der Waals surface area contributed by atoms with E-state index in [1.807, 2.05) is 6.08 Å². The molecule has 0 aromatic carbocycles. The maximum absolute atomic E-state index is 10.4. The van der Waals surface area contributed by atoms with Crippen LogP contribution in [0.15, 0.2) is 24.3 Å². The topological polar surface area (TPSA) is 67.3 Å². The van der Waals surface area contributed by atoms with Gasteiger partial charge in [-0.05, 0) is 18.6 Å². The van der Waals surface area contributed by atoms with Crippen molar-refractivity contribution in [1.82, 2.24) is 4.98 Å². The van der Waals surface area contributed by atoms with Gasteiger partial charge in [-0.1, -0.05) is 35.4 Å². The maximum atomic E-state index is 10.4. The Labute approximate surface area is 114 Å². The van der Waals surface area contributed by atoms with Gasteiger partial charge in [0.05, 0.1) is 5.02 Å². The van der Waals surface area contributed by atoms with Crippen LogP contribution in [0.3, 0.4) is 0 Å². The van der Waals surface area contributed by atoms with Gasteiger partial charge in [0.25, 0.3) is 0 Å². The molecule has 0 bridgehead atoms. The quantitative estimate of drug-likeness (QED) is 0.635. The van der Waals surface area contributed by atoms with Gasteiger partial charge in [-0.3, -0.25) is 4.79 Å². The number of ketones is 1. The SMILES string of the molecule is O=C(O)c1nc(Cl)ccc1Cl.O=C1CC=CCC1. The molecule has 1 heterocycles. The molecule has 96 valence electrons. The minimum atomic E-state index is -1.18. The number of carbonyl (C=O) groups is 2. The molecule has 1 aromatic heterocycles. The maximum Gasteiger partial charge on any atom is 0.356 e. The van der Waals surface area contributed by atoms with Crippen molar-refractivity contribution in [3.8, 4) is 0 Å². The number of hydrogen-bond donors (Lipinski definition) is 1. The van der Waals surface area contributed by atoms with E-state index in [1.165, 1.54) is 12.1 Å². The van der Waals surface area contributed by atoms with Gasteiger partial charge in [-0.2, -0.15) is 0 Å². The van der Waals surface area contributed by atoms with Gasteiger partial charge in [-0.15, -0.1) is 0 Å². The minimum Gasteiger partial charge on any atom is -0.476 e. The van der Waals surface area contributed by atoms with E-state index >= 15 is 0 Å². The third-order valence-corrected chi connectivity index (χ3v) is 2.63. The molecule has 0 unspecified atom stereocenters. The van der Waals surface area contributed by atoms with Crippen molar-refractivity contribution in [3.05, 3.63) is 40.2 Å². The fourth-order valence-corrected chi connectivity index (χ4v) is 1.58. The third-order valence-electron chi connectivity index (χ3n) is 2.12. The fraction of sp³-hybridized carbons (Fsp3) is 0.250. The summed E-state index contributed by atoms with van der Waals surface area (Å²) in [5.41, 5.74) is -0.223. The number of hydrogen-bond acceptors (Lipinski definition) is 3. The Bertz CT molecular complexity index is 486. The molecule has 0 atom stereocenters. The Kier molecular flexibility index (Phi) is 5.82. The van der Waals surface area contributed by atoms with Gasteiger partial charge in [0, 0.05) is 12.8 Å². The summed E-state index contributed by atoms with van der Waals surface area (Å²) in [7, 11) is 0. The number of pyridine rings is 1. The van der Waals surface area contributed by atoms with Crippen LogP contribution in [0.2, 0.25) is 10.2 Å². The van der Waals surface area contributed by atoms with Crippen molar-refractivity contribution >= 4 is 35.0 Å². The van der Waals surface area contributed by atoms with Crippen molar-refractivity contribution in [3.63, 3.8) is 0 Å². The molecule has 2 rings (SSSR count). The average Bonchev–Trinajstić information content (AvgIpc) is 2.34. The fourth-order valence-electron chi connectivity index (χ4n) is 1.25. The largest absolute Gasteiger partial charge is 0.476 e. The van der Waals surface area contributed by atoms with Crippen LogP contribution in [0.25, 0.3) is 0 Å². The lowest BCUT2D eigenvalue weighted by molar-refractivity contribution is -0.118. The molecule has 1 aliphatic carbocycles. The van der Waals surface area contributed by atoms with Crippen molar-refractivity contribution in [2.24, 2.45) is 0 Å². The standard InChI is InChI=1S/C6H3Cl2NO2.C6H8O/c7-3-1-2-4(8)9-5(3)6(10)11;7-6-4-2-1-3-5-6/h1-2H,(H,10,11);1-2H,3-5H2. The molecule has 0 fully saturated rings. The highest BCUT2D eigenvalue weighted by molar-refractivity contribution is 6.34. The summed E-state index contributed by atoms with van der Waals surface area (Å²) < 4.78 is 0. The zero-order valence-electron chi connectivity index (χ0n) is 9.40. The molecule has 1 aliphatic rings. The van der Waals surface area contributed by atoms with Gasteiger partial charge in [0.2, 0.25) is 0 Å². The van der Waals surface area contributed by atoms with E-state index in [9.17, 15) is 9.59 Å². The van der Waals surface area contributed by atoms with Crippen LogP contribution in [0, 0.1) is 0 Å². The molecular weight excluding hydrogens is 277 g/mol. The molecule has 1 aromatic rings. The molecule has 1 N–H and O–H groups in total. The van der Waals surface area contributed by atoms with E-state index < -0.39 is 5.97 Å². The number of rotatable bonds is 1. The molecule has 0 saturated heterocycles. The van der Waals surface area contributed by atoms with Crippen molar-refractivity contribution < 1.29 is 14.7 Å². The second kappa shape index (κ2) is 7.13. The summed E-state index contributed by atoms with van der Waals surface area (Å²) in [6.07, 6.45) is 6.38. The number of carbonyl (C=O) groups excluding carboxylic acids is 1. The number of nitrogens with zero attached hydrogens (tertiary/aromatic N) is 1. The van der Waals surface area contributed by atoms with Gasteiger partial charge in [0.1, 0.15) is 10.9 Å². The normalized spacial score (nSPS) is 13.8. The van der Waals surface area contributed by atoms with Gasteiger partial charge in [-0.25, -0.2) is 9.78 Å². The molecule has 0 radical (unpaired) electrons. The Morgan fingerprint density at radius 3 is 2.39 bits per heavy atom. The number of aromatic nitrogens is 1. The first kappa shape index (κ1) is 14.7. The lowest BCUT2D eigenvalue weighted by Crippen LogP contribution is -2.00. The molecule has 18 heavy (non-hydrogen) atoms. The van der Waals surface area contributed by atoms with Crippen LogP contribution in [-0.4, -0.2) is 21.8 Å². The third kappa shape index (κ3) is 4.85. The van der Waals surface area contributed by atoms with E-state index in [2.05, 4.69) is 11.1 Å². The van der Waals surface area contributed by atoms with Crippen molar-refractivity contribution in [2.75, 3.05) is 0 Å². The number of aromatic carboxylic acids is 1. The Morgan fingerprint density at radius 1 is 1.28 bits per heavy atom. The number of carboxylic acid groups (broad SMARTS) is 1. The second-order valence-electron chi connectivity index (χ2n) is 3.52. The molecule has 6 heteroatoms. The van der Waals surface area contributed by atoms with Crippen molar-refractivity contribution in [2.45, 2.75) is 19.3 Å². The van der Waals surface area contributed by atoms with Gasteiger partial charge < -0.3 is 5.11 Å². The molecule has 0 saturated carbocycles. The van der Waals surface area contributed by atoms with E-state index in [0.29, 0.717) is 12.2 Å². The summed E-state index contributed by atoms with van der Waals surface area (Å²) in [4.78, 5) is 24.3. The monoisotopic (exact) mass is 287 g/mol. The van der Waals surface area contributed by atoms with Gasteiger partial charge >= 0.3 is 5.97 Å². The Balaban J connectivity index is 0.000000199. The van der Waals surface area contributed by atoms with E-state index in [-0.39, 0.29) is 15.9 Å². The second-order valence-corrected chi connectivity index (χ2v) is 4.32. The zero-order chi connectivity index (χ0) is 13.5. The van der Waals surface area contributed by atoms with E-state index in [0.717, 1.165) is 12.8 Å². The number of halogens is 2. The summed E-state index contributed by atoms with van der Waals surface area (Å²) in [5.74, 6) is -0.806. The van der Waals surface area contributed by atoms with Crippen LogP contribution >= 0.6 is 23.2 Å². The smallest absolute Gasteiger partial charge is 0.356 e. The number of allylic oxidation sites excluding steroid dienone is 2. The predicted molar refractivity (Wildman–Crippen MR) is 69.2 cm³/mol. The first-order valence-corrected chi connectivity index (χ1v) is 5.98. The Hall–Kier alpha value is -1.39.